The quantitative estimate of drug-likeness (QED) is 0.830. The highest BCUT2D eigenvalue weighted by molar-refractivity contribution is 5.07. The van der Waals surface area contributed by atoms with E-state index in [1.54, 1.807) is 17.3 Å². The Morgan fingerprint density at radius 1 is 1.04 bits per heavy atom. The molecule has 5 nitrogen and oxygen atoms in total. The molecule has 0 spiro atoms. The van der Waals surface area contributed by atoms with E-state index < -0.39 is 5.60 Å². The predicted molar refractivity (Wildman–Crippen MR) is 107 cm³/mol. The molecule has 1 heterocycles. The molecule has 5 rings (SSSR count). The Morgan fingerprint density at radius 3 is 2.64 bits per heavy atom. The highest BCUT2D eigenvalue weighted by atomic mass is 16.3. The number of hydrogen-bond donors (Lipinski definition) is 2. The maximum Gasteiger partial charge on any atom is 0.137 e. The summed E-state index contributed by atoms with van der Waals surface area (Å²) >= 11 is 0. The van der Waals surface area contributed by atoms with Crippen LogP contribution in [0.5, 0.6) is 0 Å². The summed E-state index contributed by atoms with van der Waals surface area (Å²) < 4.78 is 1.78. The Hall–Kier alpha value is -0.940. The minimum absolute atomic E-state index is 0.272. The average molecular weight is 388 g/mol. The third-order valence-electron chi connectivity index (χ3n) is 9.62. The van der Waals surface area contributed by atoms with Gasteiger partial charge in [0, 0.05) is 0 Å². The first-order valence-corrected chi connectivity index (χ1v) is 11.6. The number of nitrogens with zero attached hydrogens (tertiary/aromatic N) is 3. The van der Waals surface area contributed by atoms with Crippen molar-refractivity contribution in [3.63, 3.8) is 0 Å². The van der Waals surface area contributed by atoms with Crippen molar-refractivity contribution in [2.75, 3.05) is 0 Å². The highest BCUT2D eigenvalue weighted by Gasteiger charge is 2.58. The van der Waals surface area contributed by atoms with Gasteiger partial charge in [0.2, 0.25) is 0 Å². The van der Waals surface area contributed by atoms with Crippen LogP contribution < -0.4 is 0 Å². The van der Waals surface area contributed by atoms with Crippen LogP contribution >= 0.6 is 0 Å². The summed E-state index contributed by atoms with van der Waals surface area (Å²) in [5, 5.41) is 25.8. The van der Waals surface area contributed by atoms with E-state index in [1.807, 2.05) is 6.92 Å². The fraction of sp³-hybridized carbons (Fsp3) is 0.913. The normalized spacial score (nSPS) is 49.1. The van der Waals surface area contributed by atoms with Crippen LogP contribution in [0.15, 0.2) is 12.7 Å². The van der Waals surface area contributed by atoms with E-state index in [2.05, 4.69) is 17.0 Å². The van der Waals surface area contributed by atoms with Gasteiger partial charge >= 0.3 is 0 Å². The van der Waals surface area contributed by atoms with E-state index in [0.29, 0.717) is 12.5 Å². The van der Waals surface area contributed by atoms with Crippen molar-refractivity contribution < 1.29 is 10.2 Å². The number of rotatable bonds is 3. The minimum Gasteiger partial charge on any atom is -0.391 e. The van der Waals surface area contributed by atoms with Gasteiger partial charge in [-0.1, -0.05) is 6.92 Å². The molecule has 156 valence electrons. The Morgan fingerprint density at radius 2 is 1.86 bits per heavy atom. The molecule has 1 aromatic heterocycles. The van der Waals surface area contributed by atoms with Crippen LogP contribution in [0.3, 0.4) is 0 Å². The Kier molecular flexibility index (Phi) is 4.63. The zero-order valence-corrected chi connectivity index (χ0v) is 17.5. The fourth-order valence-electron chi connectivity index (χ4n) is 8.40. The van der Waals surface area contributed by atoms with Gasteiger partial charge in [0.25, 0.3) is 0 Å². The number of aliphatic hydroxyl groups excluding tert-OH is 1. The summed E-state index contributed by atoms with van der Waals surface area (Å²) in [6.07, 6.45) is 13.8. The molecule has 0 radical (unpaired) electrons. The van der Waals surface area contributed by atoms with Crippen molar-refractivity contribution >= 4 is 0 Å². The van der Waals surface area contributed by atoms with Crippen LogP contribution in [0.4, 0.5) is 0 Å². The van der Waals surface area contributed by atoms with Gasteiger partial charge in [-0.2, -0.15) is 5.10 Å². The molecule has 4 saturated carbocycles. The lowest BCUT2D eigenvalue weighted by atomic mass is 9.49. The number of aromatic nitrogens is 3. The van der Waals surface area contributed by atoms with Crippen LogP contribution in [0.25, 0.3) is 0 Å². The number of aliphatic hydroxyl groups is 2. The van der Waals surface area contributed by atoms with Crippen LogP contribution in [-0.4, -0.2) is 36.7 Å². The second-order valence-electron chi connectivity index (χ2n) is 11.1. The molecule has 0 saturated heterocycles. The second-order valence-corrected chi connectivity index (χ2v) is 11.1. The molecule has 4 fully saturated rings. The summed E-state index contributed by atoms with van der Waals surface area (Å²) in [7, 11) is 0. The molecule has 4 aliphatic carbocycles. The lowest BCUT2D eigenvalue weighted by Gasteiger charge is -2.57. The van der Waals surface area contributed by atoms with Crippen molar-refractivity contribution in [3.8, 4) is 0 Å². The van der Waals surface area contributed by atoms with Crippen LogP contribution in [0, 0.1) is 40.9 Å². The Labute approximate surface area is 168 Å². The van der Waals surface area contributed by atoms with Crippen molar-refractivity contribution in [1.82, 2.24) is 14.8 Å². The summed E-state index contributed by atoms with van der Waals surface area (Å²) in [5.41, 5.74) is -0.157. The summed E-state index contributed by atoms with van der Waals surface area (Å²) in [6, 6.07) is 0. The molecule has 0 aromatic carbocycles. The Bertz CT molecular complexity index is 690. The third-order valence-corrected chi connectivity index (χ3v) is 9.62. The third kappa shape index (κ3) is 3.04. The van der Waals surface area contributed by atoms with E-state index in [4.69, 9.17) is 0 Å². The van der Waals surface area contributed by atoms with E-state index in [-0.39, 0.29) is 11.5 Å². The molecular weight excluding hydrogens is 350 g/mol. The molecule has 5 heteroatoms. The molecule has 0 aliphatic heterocycles. The first kappa shape index (κ1) is 19.0. The molecule has 2 N–H and O–H groups in total. The molecule has 28 heavy (non-hydrogen) atoms. The van der Waals surface area contributed by atoms with Gasteiger partial charge in [0.05, 0.1) is 18.2 Å². The second kappa shape index (κ2) is 6.80. The molecule has 1 unspecified atom stereocenters. The first-order valence-electron chi connectivity index (χ1n) is 11.6. The number of hydrogen-bond acceptors (Lipinski definition) is 4. The average Bonchev–Trinajstić information content (AvgIpc) is 3.27. The van der Waals surface area contributed by atoms with Crippen molar-refractivity contribution in [1.29, 1.82) is 0 Å². The van der Waals surface area contributed by atoms with Gasteiger partial charge in [-0.05, 0) is 106 Å². The summed E-state index contributed by atoms with van der Waals surface area (Å²) in [4.78, 5) is 4.03. The monoisotopic (exact) mass is 387 g/mol. The zero-order valence-electron chi connectivity index (χ0n) is 17.5. The maximum atomic E-state index is 11.0. The van der Waals surface area contributed by atoms with Gasteiger partial charge in [0.1, 0.15) is 12.7 Å². The zero-order chi connectivity index (χ0) is 19.5. The maximum absolute atomic E-state index is 11.0. The van der Waals surface area contributed by atoms with E-state index in [0.717, 1.165) is 48.9 Å². The highest BCUT2D eigenvalue weighted by Crippen LogP contribution is 2.65. The molecular formula is C23H37N3O2. The van der Waals surface area contributed by atoms with Gasteiger partial charge in [0.15, 0.2) is 0 Å². The summed E-state index contributed by atoms with van der Waals surface area (Å²) in [5.74, 6) is 4.43. The lowest BCUT2D eigenvalue weighted by Crippen LogP contribution is -2.51. The smallest absolute Gasteiger partial charge is 0.137 e. The lowest BCUT2D eigenvalue weighted by molar-refractivity contribution is -0.108. The topological polar surface area (TPSA) is 71.2 Å². The number of fused-ring (bicyclic) bond motifs is 5. The molecule has 0 amide bonds. The van der Waals surface area contributed by atoms with Crippen LogP contribution in [0.1, 0.15) is 71.6 Å². The van der Waals surface area contributed by atoms with Gasteiger partial charge in [-0.3, -0.25) is 4.68 Å². The standard InChI is InChI=1S/C23H37N3O2/c1-22(28)9-7-16-15(11-22)3-4-18-17(16)8-10-23(2)19(18)5-6-20(23)21(27)12-26-14-24-13-25-26/h13-21,27-28H,3-12H2,1-2H3/t15-,16+,17-,18-,19+,20-,21?,22-,23+/m1/s1. The van der Waals surface area contributed by atoms with E-state index in [9.17, 15) is 10.2 Å². The van der Waals surface area contributed by atoms with Crippen molar-refractivity contribution in [2.45, 2.75) is 89.9 Å². The molecule has 4 aliphatic rings. The van der Waals surface area contributed by atoms with E-state index >= 15 is 0 Å². The first-order chi connectivity index (χ1) is 13.4. The molecule has 1 aromatic rings. The molecule has 9 atom stereocenters. The van der Waals surface area contributed by atoms with Gasteiger partial charge in [-0.25, -0.2) is 4.98 Å². The minimum atomic E-state index is -0.429. The predicted octanol–water partition coefficient (Wildman–Crippen LogP) is 3.66. The van der Waals surface area contributed by atoms with Crippen molar-refractivity contribution in [3.05, 3.63) is 12.7 Å². The van der Waals surface area contributed by atoms with Crippen molar-refractivity contribution in [2.24, 2.45) is 40.9 Å². The Balaban J connectivity index is 1.31. The van der Waals surface area contributed by atoms with Crippen LogP contribution in [0.2, 0.25) is 0 Å². The van der Waals surface area contributed by atoms with Gasteiger partial charge < -0.3 is 10.2 Å². The largest absolute Gasteiger partial charge is 0.391 e. The fourth-order valence-corrected chi connectivity index (χ4v) is 8.40. The van der Waals surface area contributed by atoms with Gasteiger partial charge in [-0.15, -0.1) is 0 Å². The summed E-state index contributed by atoms with van der Waals surface area (Å²) in [6.45, 7) is 5.10. The van der Waals surface area contributed by atoms with E-state index in [1.165, 1.54) is 38.5 Å². The molecule has 0 bridgehead atoms. The SMILES string of the molecule is C[C@@]1(O)CC[C@H]2[C@H](CC[C@@H]3[C@@H]2CC[C@]2(C)[C@@H](C(O)Cn4cncn4)CC[C@@H]32)C1. The van der Waals surface area contributed by atoms with Crippen LogP contribution in [-0.2, 0) is 6.54 Å².